The molecule has 1 aromatic heterocycles. The molecule has 0 atom stereocenters. The first kappa shape index (κ1) is 19.8. The lowest BCUT2D eigenvalue weighted by Crippen LogP contribution is -2.15. The number of benzene rings is 2. The Morgan fingerprint density at radius 2 is 1.75 bits per heavy atom. The van der Waals surface area contributed by atoms with Crippen LogP contribution in [0.25, 0.3) is 10.9 Å². The minimum absolute atomic E-state index is 0.0690. The summed E-state index contributed by atoms with van der Waals surface area (Å²) in [6, 6.07) is 13.5. The lowest BCUT2D eigenvalue weighted by atomic mass is 10.1. The fourth-order valence-corrected chi connectivity index (χ4v) is 4.11. The number of amides is 1. The predicted octanol–water partition coefficient (Wildman–Crippen LogP) is 4.33. The van der Waals surface area contributed by atoms with Gasteiger partial charge in [-0.25, -0.2) is 8.42 Å². The molecule has 0 fully saturated rings. The van der Waals surface area contributed by atoms with Crippen molar-refractivity contribution in [2.45, 2.75) is 32.1 Å². The third kappa shape index (κ3) is 4.67. The van der Waals surface area contributed by atoms with E-state index in [1.807, 2.05) is 32.9 Å². The van der Waals surface area contributed by atoms with Crippen molar-refractivity contribution in [2.24, 2.45) is 5.92 Å². The smallest absolute Gasteiger partial charge is 0.264 e. The maximum Gasteiger partial charge on any atom is 0.264 e. The van der Waals surface area contributed by atoms with Gasteiger partial charge >= 0.3 is 0 Å². The van der Waals surface area contributed by atoms with Gasteiger partial charge in [-0.15, -0.1) is 0 Å². The molecular weight excluding hydrogens is 374 g/mol. The number of rotatable bonds is 6. The fourth-order valence-electron chi connectivity index (χ4n) is 2.87. The highest BCUT2D eigenvalue weighted by Crippen LogP contribution is 2.24. The van der Waals surface area contributed by atoms with Crippen molar-refractivity contribution in [3.05, 3.63) is 60.3 Å². The molecule has 0 aliphatic rings. The van der Waals surface area contributed by atoms with Crippen molar-refractivity contribution >= 4 is 38.2 Å². The first-order chi connectivity index (χ1) is 13.2. The van der Waals surface area contributed by atoms with E-state index in [9.17, 15) is 13.2 Å². The number of para-hydroxylation sites is 1. The Kier molecular flexibility index (Phi) is 5.65. The molecule has 0 aliphatic heterocycles. The number of sulfonamides is 1. The number of carbonyl (C=O) groups excluding carboxylic acids is 1. The van der Waals surface area contributed by atoms with Gasteiger partial charge in [-0.05, 0) is 54.8 Å². The maximum absolute atomic E-state index is 12.9. The molecule has 1 amide bonds. The van der Waals surface area contributed by atoms with Crippen LogP contribution in [0.4, 0.5) is 11.4 Å². The molecule has 2 N–H and O–H groups in total. The number of anilines is 2. The molecule has 0 unspecified atom stereocenters. The van der Waals surface area contributed by atoms with Gasteiger partial charge in [-0.2, -0.15) is 0 Å². The molecule has 0 radical (unpaired) electrons. The van der Waals surface area contributed by atoms with Crippen molar-refractivity contribution in [2.75, 3.05) is 10.0 Å². The zero-order chi connectivity index (χ0) is 20.3. The molecule has 0 saturated heterocycles. The minimum Gasteiger partial charge on any atom is -0.326 e. The van der Waals surface area contributed by atoms with E-state index in [0.717, 1.165) is 10.9 Å². The molecule has 0 aliphatic carbocycles. The van der Waals surface area contributed by atoms with Gasteiger partial charge in [-0.3, -0.25) is 14.5 Å². The van der Waals surface area contributed by atoms with Gasteiger partial charge < -0.3 is 5.32 Å². The van der Waals surface area contributed by atoms with Crippen LogP contribution in [-0.2, 0) is 14.8 Å². The summed E-state index contributed by atoms with van der Waals surface area (Å²) >= 11 is 0. The van der Waals surface area contributed by atoms with Gasteiger partial charge in [0.15, 0.2) is 0 Å². The van der Waals surface area contributed by atoms with Crippen molar-refractivity contribution in [1.82, 2.24) is 4.98 Å². The quantitative estimate of drug-likeness (QED) is 0.648. The van der Waals surface area contributed by atoms with Crippen molar-refractivity contribution in [3.63, 3.8) is 0 Å². The average molecular weight is 398 g/mol. The topological polar surface area (TPSA) is 88.2 Å². The van der Waals surface area contributed by atoms with Crippen LogP contribution in [0.2, 0.25) is 0 Å². The third-order valence-corrected chi connectivity index (χ3v) is 5.53. The van der Waals surface area contributed by atoms with Gasteiger partial charge in [0, 0.05) is 29.4 Å². The van der Waals surface area contributed by atoms with E-state index < -0.39 is 10.0 Å². The van der Waals surface area contributed by atoms with E-state index in [0.29, 0.717) is 23.3 Å². The van der Waals surface area contributed by atoms with Gasteiger partial charge in [-0.1, -0.05) is 26.0 Å². The predicted molar refractivity (Wildman–Crippen MR) is 112 cm³/mol. The van der Waals surface area contributed by atoms with Crippen LogP contribution in [-0.4, -0.2) is 19.3 Å². The Balaban J connectivity index is 1.81. The standard InChI is InChI=1S/C21H23N3O3S/c1-14(2)11-20(25)23-17-7-9-18(10-8-17)24-28(26,27)19-6-4-5-16-12-15(3)13-22-21(16)19/h4-10,12-14,24H,11H2,1-3H3,(H,23,25). The average Bonchev–Trinajstić information content (AvgIpc) is 2.61. The Bertz CT molecular complexity index is 1110. The zero-order valence-corrected chi connectivity index (χ0v) is 16.9. The molecule has 1 heterocycles. The molecule has 28 heavy (non-hydrogen) atoms. The molecule has 146 valence electrons. The van der Waals surface area contributed by atoms with Crippen LogP contribution < -0.4 is 10.0 Å². The maximum atomic E-state index is 12.9. The number of fused-ring (bicyclic) bond motifs is 1. The number of aryl methyl sites for hydroxylation is 1. The summed E-state index contributed by atoms with van der Waals surface area (Å²) in [6.45, 7) is 5.86. The number of nitrogens with one attached hydrogen (secondary N) is 2. The van der Waals surface area contributed by atoms with Gasteiger partial charge in [0.05, 0.1) is 5.52 Å². The number of aromatic nitrogens is 1. The summed E-state index contributed by atoms with van der Waals surface area (Å²) in [5, 5.41) is 3.57. The van der Waals surface area contributed by atoms with E-state index >= 15 is 0 Å². The Labute approximate surface area is 165 Å². The molecule has 0 saturated carbocycles. The second-order valence-electron chi connectivity index (χ2n) is 7.17. The van der Waals surface area contributed by atoms with Crippen LogP contribution in [0.15, 0.2) is 59.6 Å². The highest BCUT2D eigenvalue weighted by molar-refractivity contribution is 7.93. The minimum atomic E-state index is -3.80. The number of pyridine rings is 1. The first-order valence-electron chi connectivity index (χ1n) is 9.03. The molecule has 2 aromatic carbocycles. The Hall–Kier alpha value is -2.93. The number of carbonyl (C=O) groups is 1. The SMILES string of the molecule is Cc1cnc2c(S(=O)(=O)Nc3ccc(NC(=O)CC(C)C)cc3)cccc2c1. The second kappa shape index (κ2) is 7.98. The molecule has 3 rings (SSSR count). The van der Waals surface area contributed by atoms with Crippen LogP contribution in [0.5, 0.6) is 0 Å². The summed E-state index contributed by atoms with van der Waals surface area (Å²) < 4.78 is 28.3. The summed E-state index contributed by atoms with van der Waals surface area (Å²) in [5.74, 6) is 0.199. The van der Waals surface area contributed by atoms with E-state index in [2.05, 4.69) is 15.0 Å². The highest BCUT2D eigenvalue weighted by atomic mass is 32.2. The normalized spacial score (nSPS) is 11.6. The molecule has 3 aromatic rings. The summed E-state index contributed by atoms with van der Waals surface area (Å²) in [4.78, 5) is 16.3. The van der Waals surface area contributed by atoms with E-state index in [-0.39, 0.29) is 16.7 Å². The molecule has 6 nitrogen and oxygen atoms in total. The monoisotopic (exact) mass is 397 g/mol. The zero-order valence-electron chi connectivity index (χ0n) is 16.1. The second-order valence-corrected chi connectivity index (χ2v) is 8.82. The van der Waals surface area contributed by atoms with Gasteiger partial charge in [0.25, 0.3) is 10.0 Å². The van der Waals surface area contributed by atoms with E-state index in [4.69, 9.17) is 0 Å². The Morgan fingerprint density at radius 3 is 2.43 bits per heavy atom. The number of hydrogen-bond donors (Lipinski definition) is 2. The van der Waals surface area contributed by atoms with Crippen LogP contribution in [0.1, 0.15) is 25.8 Å². The van der Waals surface area contributed by atoms with Crippen LogP contribution >= 0.6 is 0 Å². The van der Waals surface area contributed by atoms with E-state index in [1.165, 1.54) is 6.07 Å². The number of nitrogens with zero attached hydrogens (tertiary/aromatic N) is 1. The van der Waals surface area contributed by atoms with Gasteiger partial charge in [0.1, 0.15) is 4.90 Å². The first-order valence-corrected chi connectivity index (χ1v) is 10.5. The lowest BCUT2D eigenvalue weighted by Gasteiger charge is -2.11. The van der Waals surface area contributed by atoms with Crippen molar-refractivity contribution in [1.29, 1.82) is 0 Å². The third-order valence-electron chi connectivity index (χ3n) is 4.11. The summed E-state index contributed by atoms with van der Waals surface area (Å²) in [6.07, 6.45) is 2.08. The summed E-state index contributed by atoms with van der Waals surface area (Å²) in [7, 11) is -3.80. The Morgan fingerprint density at radius 1 is 1.07 bits per heavy atom. The van der Waals surface area contributed by atoms with Crippen LogP contribution in [0, 0.1) is 12.8 Å². The molecular formula is C21H23N3O3S. The fraction of sp³-hybridized carbons (Fsp3) is 0.238. The number of hydrogen-bond acceptors (Lipinski definition) is 4. The van der Waals surface area contributed by atoms with Gasteiger partial charge in [0.2, 0.25) is 5.91 Å². The largest absolute Gasteiger partial charge is 0.326 e. The highest BCUT2D eigenvalue weighted by Gasteiger charge is 2.18. The molecule has 0 spiro atoms. The molecule has 0 bridgehead atoms. The summed E-state index contributed by atoms with van der Waals surface area (Å²) in [5.41, 5.74) is 2.42. The van der Waals surface area contributed by atoms with E-state index in [1.54, 1.807) is 36.5 Å². The lowest BCUT2D eigenvalue weighted by molar-refractivity contribution is -0.116. The van der Waals surface area contributed by atoms with Crippen LogP contribution in [0.3, 0.4) is 0 Å². The molecule has 7 heteroatoms. The van der Waals surface area contributed by atoms with Crippen molar-refractivity contribution < 1.29 is 13.2 Å². The van der Waals surface area contributed by atoms with Crippen molar-refractivity contribution in [3.8, 4) is 0 Å².